The van der Waals surface area contributed by atoms with Crippen molar-refractivity contribution in [2.75, 3.05) is 18.1 Å². The number of benzene rings is 1. The fraction of sp³-hybridized carbons (Fsp3) is 0.600. The van der Waals surface area contributed by atoms with Crippen LogP contribution in [0.1, 0.15) is 36.8 Å². The molecule has 0 spiro atoms. The van der Waals surface area contributed by atoms with Gasteiger partial charge >= 0.3 is 0 Å². The van der Waals surface area contributed by atoms with E-state index < -0.39 is 0 Å². The quantitative estimate of drug-likeness (QED) is 0.862. The molecule has 0 aliphatic carbocycles. The predicted octanol–water partition coefficient (Wildman–Crippen LogP) is 2.20. The van der Waals surface area contributed by atoms with E-state index in [2.05, 4.69) is 30.0 Å². The van der Waals surface area contributed by atoms with E-state index in [0.717, 1.165) is 13.0 Å². The van der Waals surface area contributed by atoms with Gasteiger partial charge < -0.3 is 15.7 Å². The molecule has 3 heteroatoms. The molecule has 0 aromatic heterocycles. The molecule has 1 heterocycles. The van der Waals surface area contributed by atoms with Crippen LogP contribution in [0, 0.1) is 6.92 Å². The summed E-state index contributed by atoms with van der Waals surface area (Å²) in [5.41, 5.74) is 9.51. The minimum Gasteiger partial charge on any atom is -0.394 e. The molecule has 2 rings (SSSR count). The van der Waals surface area contributed by atoms with Crippen LogP contribution in [0.3, 0.4) is 0 Å². The zero-order valence-electron chi connectivity index (χ0n) is 11.2. The monoisotopic (exact) mass is 248 g/mol. The molecule has 1 saturated heterocycles. The van der Waals surface area contributed by atoms with Gasteiger partial charge in [0, 0.05) is 18.8 Å². The highest BCUT2D eigenvalue weighted by Crippen LogP contribution is 2.28. The molecule has 1 aromatic carbocycles. The number of aliphatic hydroxyl groups excluding tert-OH is 1. The average Bonchev–Trinajstić information content (AvgIpc) is 2.63. The fourth-order valence-corrected chi connectivity index (χ4v) is 2.84. The minimum atomic E-state index is 0.234. The lowest BCUT2D eigenvalue weighted by atomic mass is 10.1. The fourth-order valence-electron chi connectivity index (χ4n) is 2.84. The van der Waals surface area contributed by atoms with Gasteiger partial charge in [0.15, 0.2) is 0 Å². The van der Waals surface area contributed by atoms with Crippen molar-refractivity contribution in [3.63, 3.8) is 0 Å². The molecule has 1 aliphatic rings. The Morgan fingerprint density at radius 2 is 2.17 bits per heavy atom. The predicted molar refractivity (Wildman–Crippen MR) is 75.8 cm³/mol. The summed E-state index contributed by atoms with van der Waals surface area (Å²) < 4.78 is 0. The summed E-state index contributed by atoms with van der Waals surface area (Å²) in [7, 11) is 0. The Bertz CT molecular complexity index is 392. The number of hydrogen-bond donors (Lipinski definition) is 2. The first kappa shape index (κ1) is 13.4. The van der Waals surface area contributed by atoms with E-state index >= 15 is 0 Å². The zero-order chi connectivity index (χ0) is 13.0. The van der Waals surface area contributed by atoms with Crippen molar-refractivity contribution in [3.8, 4) is 0 Å². The molecule has 0 saturated carbocycles. The van der Waals surface area contributed by atoms with Gasteiger partial charge in [-0.3, -0.25) is 0 Å². The Morgan fingerprint density at radius 1 is 1.33 bits per heavy atom. The lowest BCUT2D eigenvalue weighted by Gasteiger charge is -2.32. The summed E-state index contributed by atoms with van der Waals surface area (Å²) in [5, 5.41) is 9.59. The lowest BCUT2D eigenvalue weighted by Crippen LogP contribution is -2.38. The number of hydrogen-bond acceptors (Lipinski definition) is 3. The van der Waals surface area contributed by atoms with Crippen LogP contribution in [0.15, 0.2) is 18.2 Å². The number of rotatable bonds is 3. The molecule has 0 amide bonds. The van der Waals surface area contributed by atoms with Crippen LogP contribution in [-0.4, -0.2) is 24.3 Å². The first-order valence-electron chi connectivity index (χ1n) is 6.93. The van der Waals surface area contributed by atoms with Crippen LogP contribution < -0.4 is 10.6 Å². The molecule has 3 nitrogen and oxygen atoms in total. The number of nitrogens with two attached hydrogens (primary N) is 1. The van der Waals surface area contributed by atoms with Gasteiger partial charge in [-0.2, -0.15) is 0 Å². The van der Waals surface area contributed by atoms with Crippen molar-refractivity contribution < 1.29 is 5.11 Å². The summed E-state index contributed by atoms with van der Waals surface area (Å²) >= 11 is 0. The Balaban J connectivity index is 2.32. The summed E-state index contributed by atoms with van der Waals surface area (Å²) in [4.78, 5) is 2.36. The molecule has 100 valence electrons. The number of aliphatic hydroxyl groups is 1. The maximum atomic E-state index is 9.59. The number of nitrogens with zero attached hydrogens (tertiary/aromatic N) is 1. The Hall–Kier alpha value is -1.06. The summed E-state index contributed by atoms with van der Waals surface area (Å²) in [5.74, 6) is 0. The maximum absolute atomic E-state index is 9.59. The van der Waals surface area contributed by atoms with Crippen LogP contribution in [0.25, 0.3) is 0 Å². The van der Waals surface area contributed by atoms with E-state index in [9.17, 15) is 5.11 Å². The van der Waals surface area contributed by atoms with Crippen LogP contribution in [0.5, 0.6) is 0 Å². The van der Waals surface area contributed by atoms with E-state index in [4.69, 9.17) is 5.73 Å². The first-order valence-corrected chi connectivity index (χ1v) is 6.93. The van der Waals surface area contributed by atoms with Gasteiger partial charge in [0.1, 0.15) is 0 Å². The van der Waals surface area contributed by atoms with Gasteiger partial charge in [0.05, 0.1) is 12.6 Å². The first-order chi connectivity index (χ1) is 8.76. The van der Waals surface area contributed by atoms with E-state index in [1.165, 1.54) is 36.1 Å². The molecule has 1 atom stereocenters. The Morgan fingerprint density at radius 3 is 2.89 bits per heavy atom. The van der Waals surface area contributed by atoms with E-state index in [1.807, 2.05) is 0 Å². The second-order valence-corrected chi connectivity index (χ2v) is 5.22. The van der Waals surface area contributed by atoms with Gasteiger partial charge in [-0.25, -0.2) is 0 Å². The highest BCUT2D eigenvalue weighted by molar-refractivity contribution is 5.56. The van der Waals surface area contributed by atoms with Gasteiger partial charge in [-0.1, -0.05) is 30.5 Å². The molecule has 0 bridgehead atoms. The number of anilines is 1. The molecule has 1 aromatic rings. The molecule has 0 radical (unpaired) electrons. The van der Waals surface area contributed by atoms with Crippen molar-refractivity contribution in [2.24, 2.45) is 5.73 Å². The van der Waals surface area contributed by atoms with Crippen molar-refractivity contribution in [1.29, 1.82) is 0 Å². The van der Waals surface area contributed by atoms with E-state index in [1.54, 1.807) is 0 Å². The second-order valence-electron chi connectivity index (χ2n) is 5.22. The third-order valence-electron chi connectivity index (χ3n) is 3.85. The molecular formula is C15H24N2O. The lowest BCUT2D eigenvalue weighted by molar-refractivity contribution is 0.255. The molecule has 1 aliphatic heterocycles. The summed E-state index contributed by atoms with van der Waals surface area (Å²) in [6, 6.07) is 6.70. The third-order valence-corrected chi connectivity index (χ3v) is 3.85. The van der Waals surface area contributed by atoms with Crippen molar-refractivity contribution >= 4 is 5.69 Å². The Labute approximate surface area is 110 Å². The molecule has 3 N–H and O–H groups in total. The molecule has 1 fully saturated rings. The topological polar surface area (TPSA) is 49.5 Å². The van der Waals surface area contributed by atoms with Crippen LogP contribution in [0.2, 0.25) is 0 Å². The smallest absolute Gasteiger partial charge is 0.0635 e. The third kappa shape index (κ3) is 2.85. The van der Waals surface area contributed by atoms with Crippen molar-refractivity contribution in [3.05, 3.63) is 29.3 Å². The molecule has 18 heavy (non-hydrogen) atoms. The highest BCUT2D eigenvalue weighted by Gasteiger charge is 2.22. The SMILES string of the molecule is Cc1ccc(N2CCCCCC2CO)c(CN)c1. The summed E-state index contributed by atoms with van der Waals surface area (Å²) in [6.07, 6.45) is 4.76. The molecular weight excluding hydrogens is 224 g/mol. The van der Waals surface area contributed by atoms with Crippen LogP contribution in [0.4, 0.5) is 5.69 Å². The van der Waals surface area contributed by atoms with Crippen molar-refractivity contribution in [1.82, 2.24) is 0 Å². The molecule has 1 unspecified atom stereocenters. The average molecular weight is 248 g/mol. The minimum absolute atomic E-state index is 0.234. The normalized spacial score (nSPS) is 20.8. The van der Waals surface area contributed by atoms with Crippen LogP contribution >= 0.6 is 0 Å². The maximum Gasteiger partial charge on any atom is 0.0635 e. The van der Waals surface area contributed by atoms with E-state index in [-0.39, 0.29) is 12.6 Å². The summed E-state index contributed by atoms with van der Waals surface area (Å²) in [6.45, 7) is 3.92. The van der Waals surface area contributed by atoms with E-state index in [0.29, 0.717) is 6.54 Å². The van der Waals surface area contributed by atoms with Gasteiger partial charge in [-0.15, -0.1) is 0 Å². The van der Waals surface area contributed by atoms with Crippen LogP contribution in [-0.2, 0) is 6.54 Å². The zero-order valence-corrected chi connectivity index (χ0v) is 11.2. The Kier molecular flexibility index (Phi) is 4.61. The van der Waals surface area contributed by atoms with Gasteiger partial charge in [0.2, 0.25) is 0 Å². The largest absolute Gasteiger partial charge is 0.394 e. The van der Waals surface area contributed by atoms with Gasteiger partial charge in [-0.05, 0) is 31.4 Å². The van der Waals surface area contributed by atoms with Gasteiger partial charge in [0.25, 0.3) is 0 Å². The standard InChI is InChI=1S/C15H24N2O/c1-12-6-7-15(13(9-12)10-16)17-8-4-2-3-5-14(17)11-18/h6-7,9,14,18H,2-5,8,10-11,16H2,1H3. The number of aryl methyl sites for hydroxylation is 1. The van der Waals surface area contributed by atoms with Crippen molar-refractivity contribution in [2.45, 2.75) is 45.2 Å². The second kappa shape index (κ2) is 6.21. The highest BCUT2D eigenvalue weighted by atomic mass is 16.3.